The molecule has 2 aromatic rings. The van der Waals surface area contributed by atoms with Crippen LogP contribution in [-0.2, 0) is 6.61 Å². The van der Waals surface area contributed by atoms with Gasteiger partial charge in [-0.25, -0.2) is 8.78 Å². The minimum Gasteiger partial charge on any atom is -0.503 e. The Morgan fingerprint density at radius 2 is 1.81 bits per heavy atom. The van der Waals surface area contributed by atoms with Crippen LogP contribution in [0.3, 0.4) is 0 Å². The smallest absolute Gasteiger partial charge is 0.258 e. The van der Waals surface area contributed by atoms with Crippen molar-refractivity contribution in [2.24, 2.45) is 0 Å². The first-order valence-corrected chi connectivity index (χ1v) is 5.82. The zero-order valence-corrected chi connectivity index (χ0v) is 10.5. The molecule has 0 spiro atoms. The number of aromatic hydroxyl groups is 1. The standard InChI is InChI=1S/C14H10F3NO3/c15-9-5-8(11(16)13(20)12(9)17)14(21)18-10-4-2-1-3-7(10)6-19/h1-5,19-20H,6H2,(H,18,21). The predicted molar refractivity (Wildman–Crippen MR) is 68.3 cm³/mol. The van der Waals surface area contributed by atoms with Gasteiger partial charge < -0.3 is 15.5 Å². The highest BCUT2D eigenvalue weighted by molar-refractivity contribution is 6.05. The van der Waals surface area contributed by atoms with Gasteiger partial charge in [-0.05, 0) is 12.1 Å². The number of rotatable bonds is 3. The van der Waals surface area contributed by atoms with E-state index in [-0.39, 0.29) is 12.3 Å². The van der Waals surface area contributed by atoms with Crippen LogP contribution in [0.25, 0.3) is 0 Å². The number of carbonyl (C=O) groups excluding carboxylic acids is 1. The number of benzene rings is 2. The van der Waals surface area contributed by atoms with E-state index in [4.69, 9.17) is 10.2 Å². The van der Waals surface area contributed by atoms with E-state index < -0.39 is 34.7 Å². The molecule has 2 aromatic carbocycles. The van der Waals surface area contributed by atoms with Gasteiger partial charge in [-0.15, -0.1) is 0 Å². The molecule has 7 heteroatoms. The van der Waals surface area contributed by atoms with Crippen LogP contribution in [0.15, 0.2) is 30.3 Å². The maximum atomic E-state index is 13.6. The van der Waals surface area contributed by atoms with Crippen molar-refractivity contribution in [1.82, 2.24) is 0 Å². The van der Waals surface area contributed by atoms with Gasteiger partial charge in [0.25, 0.3) is 5.91 Å². The summed E-state index contributed by atoms with van der Waals surface area (Å²) in [7, 11) is 0. The first-order chi connectivity index (χ1) is 9.95. The van der Waals surface area contributed by atoms with E-state index in [0.717, 1.165) is 0 Å². The van der Waals surface area contributed by atoms with Gasteiger partial charge in [-0.1, -0.05) is 18.2 Å². The Morgan fingerprint density at radius 3 is 2.48 bits per heavy atom. The van der Waals surface area contributed by atoms with Crippen LogP contribution >= 0.6 is 0 Å². The summed E-state index contributed by atoms with van der Waals surface area (Å²) in [5.74, 6) is -7.51. The molecule has 1 amide bonds. The van der Waals surface area contributed by atoms with Crippen molar-refractivity contribution >= 4 is 11.6 Å². The second-order valence-corrected chi connectivity index (χ2v) is 4.15. The molecule has 0 unspecified atom stereocenters. The maximum absolute atomic E-state index is 13.6. The van der Waals surface area contributed by atoms with Crippen LogP contribution in [0, 0.1) is 17.5 Å². The number of aliphatic hydroxyl groups is 1. The molecule has 4 nitrogen and oxygen atoms in total. The number of hydrogen-bond acceptors (Lipinski definition) is 3. The van der Waals surface area contributed by atoms with Gasteiger partial charge in [0.1, 0.15) is 0 Å². The van der Waals surface area contributed by atoms with Crippen molar-refractivity contribution in [1.29, 1.82) is 0 Å². The Kier molecular flexibility index (Phi) is 4.13. The molecule has 0 saturated heterocycles. The summed E-state index contributed by atoms with van der Waals surface area (Å²) in [4.78, 5) is 11.9. The molecule has 2 rings (SSSR count). The van der Waals surface area contributed by atoms with E-state index in [1.54, 1.807) is 12.1 Å². The zero-order valence-electron chi connectivity index (χ0n) is 10.5. The van der Waals surface area contributed by atoms with Gasteiger partial charge in [0.15, 0.2) is 17.4 Å². The quantitative estimate of drug-likeness (QED) is 0.763. The maximum Gasteiger partial charge on any atom is 0.258 e. The minimum atomic E-state index is -1.76. The number of phenolic OH excluding ortho intramolecular Hbond substituents is 1. The summed E-state index contributed by atoms with van der Waals surface area (Å²) in [5, 5.41) is 20.4. The lowest BCUT2D eigenvalue weighted by Crippen LogP contribution is -2.16. The lowest BCUT2D eigenvalue weighted by Gasteiger charge is -2.10. The van der Waals surface area contributed by atoms with Crippen molar-refractivity contribution < 1.29 is 28.2 Å². The van der Waals surface area contributed by atoms with E-state index >= 15 is 0 Å². The molecule has 0 radical (unpaired) electrons. The number of hydrogen-bond donors (Lipinski definition) is 3. The van der Waals surface area contributed by atoms with Gasteiger partial charge in [0.05, 0.1) is 12.2 Å². The lowest BCUT2D eigenvalue weighted by atomic mass is 10.1. The van der Waals surface area contributed by atoms with Crippen molar-refractivity contribution in [3.05, 3.63) is 58.9 Å². The van der Waals surface area contributed by atoms with E-state index in [1.165, 1.54) is 12.1 Å². The highest BCUT2D eigenvalue weighted by Crippen LogP contribution is 2.26. The summed E-state index contributed by atoms with van der Waals surface area (Å²) in [5.41, 5.74) is -0.300. The summed E-state index contributed by atoms with van der Waals surface area (Å²) in [6.45, 7) is -0.373. The largest absolute Gasteiger partial charge is 0.503 e. The van der Waals surface area contributed by atoms with Crippen molar-refractivity contribution in [3.63, 3.8) is 0 Å². The minimum absolute atomic E-state index is 0.189. The molecule has 0 aliphatic rings. The van der Waals surface area contributed by atoms with Gasteiger partial charge in [-0.3, -0.25) is 4.79 Å². The fraction of sp³-hybridized carbons (Fsp3) is 0.0714. The molecule has 21 heavy (non-hydrogen) atoms. The third-order valence-electron chi connectivity index (χ3n) is 2.81. The second-order valence-electron chi connectivity index (χ2n) is 4.15. The van der Waals surface area contributed by atoms with Crippen LogP contribution in [-0.4, -0.2) is 16.1 Å². The second kappa shape index (κ2) is 5.84. The average molecular weight is 297 g/mol. The number of phenols is 1. The molecule has 0 aliphatic carbocycles. The average Bonchev–Trinajstić information content (AvgIpc) is 2.49. The Hall–Kier alpha value is -2.54. The van der Waals surface area contributed by atoms with Gasteiger partial charge in [0, 0.05) is 11.3 Å². The number of para-hydroxylation sites is 1. The summed E-state index contributed by atoms with van der Waals surface area (Å²) in [6.07, 6.45) is 0. The fourth-order valence-electron chi connectivity index (χ4n) is 1.73. The van der Waals surface area contributed by atoms with Crippen molar-refractivity contribution in [2.45, 2.75) is 6.61 Å². The molecule has 3 N–H and O–H groups in total. The molecule has 0 aliphatic heterocycles. The predicted octanol–water partition coefficient (Wildman–Crippen LogP) is 2.55. The fourth-order valence-corrected chi connectivity index (χ4v) is 1.73. The van der Waals surface area contributed by atoms with E-state index in [0.29, 0.717) is 11.6 Å². The number of amides is 1. The van der Waals surface area contributed by atoms with E-state index in [2.05, 4.69) is 5.32 Å². The number of halogens is 3. The third kappa shape index (κ3) is 2.82. The molecular formula is C14H10F3NO3. The Labute approximate surface area is 117 Å². The highest BCUT2D eigenvalue weighted by atomic mass is 19.2. The van der Waals surface area contributed by atoms with Crippen LogP contribution in [0.5, 0.6) is 5.75 Å². The molecule has 0 fully saturated rings. The van der Waals surface area contributed by atoms with Gasteiger partial charge in [-0.2, -0.15) is 4.39 Å². The molecule has 110 valence electrons. The summed E-state index contributed by atoms with van der Waals surface area (Å²) >= 11 is 0. The van der Waals surface area contributed by atoms with E-state index in [9.17, 15) is 18.0 Å². The number of nitrogens with one attached hydrogen (secondary N) is 1. The first kappa shape index (κ1) is 14.9. The SMILES string of the molecule is O=C(Nc1ccccc1CO)c1cc(F)c(F)c(O)c1F. The normalized spacial score (nSPS) is 10.5. The number of carbonyl (C=O) groups is 1. The van der Waals surface area contributed by atoms with E-state index in [1.807, 2.05) is 0 Å². The third-order valence-corrected chi connectivity index (χ3v) is 2.81. The first-order valence-electron chi connectivity index (χ1n) is 5.82. The number of aliphatic hydroxyl groups excluding tert-OH is 1. The van der Waals surface area contributed by atoms with Crippen LogP contribution in [0.1, 0.15) is 15.9 Å². The monoisotopic (exact) mass is 297 g/mol. The Balaban J connectivity index is 2.38. The van der Waals surface area contributed by atoms with Crippen LogP contribution in [0.4, 0.5) is 18.9 Å². The molecule has 0 atom stereocenters. The molecule has 0 aromatic heterocycles. The van der Waals surface area contributed by atoms with Crippen LogP contribution < -0.4 is 5.32 Å². The molecular weight excluding hydrogens is 287 g/mol. The topological polar surface area (TPSA) is 69.6 Å². The lowest BCUT2D eigenvalue weighted by molar-refractivity contribution is 0.102. The van der Waals surface area contributed by atoms with Crippen molar-refractivity contribution in [3.8, 4) is 5.75 Å². The summed E-state index contributed by atoms with van der Waals surface area (Å²) in [6, 6.07) is 6.50. The Bertz CT molecular complexity index is 704. The van der Waals surface area contributed by atoms with Gasteiger partial charge >= 0.3 is 0 Å². The van der Waals surface area contributed by atoms with Crippen LogP contribution in [0.2, 0.25) is 0 Å². The molecule has 0 saturated carbocycles. The van der Waals surface area contributed by atoms with Crippen molar-refractivity contribution in [2.75, 3.05) is 5.32 Å². The zero-order chi connectivity index (χ0) is 15.6. The number of anilines is 1. The molecule has 0 bridgehead atoms. The summed E-state index contributed by atoms with van der Waals surface area (Å²) < 4.78 is 39.7. The molecule has 0 heterocycles. The Morgan fingerprint density at radius 1 is 1.14 bits per heavy atom. The van der Waals surface area contributed by atoms with Gasteiger partial charge in [0.2, 0.25) is 5.82 Å². The highest BCUT2D eigenvalue weighted by Gasteiger charge is 2.22.